The molecule has 9 heteroatoms. The summed E-state index contributed by atoms with van der Waals surface area (Å²) in [6, 6.07) is 1.97. The number of anilines is 1. The van der Waals surface area contributed by atoms with Gasteiger partial charge in [0.05, 0.1) is 11.9 Å². The van der Waals surface area contributed by atoms with E-state index in [1.807, 2.05) is 18.4 Å². The Morgan fingerprint density at radius 1 is 1.48 bits per heavy atom. The Morgan fingerprint density at radius 2 is 2.19 bits per heavy atom. The molecular weight excluding hydrogens is 371 g/mol. The van der Waals surface area contributed by atoms with Gasteiger partial charge in [-0.25, -0.2) is 4.68 Å². The average Bonchev–Trinajstić information content (AvgIpc) is 2.78. The van der Waals surface area contributed by atoms with E-state index in [1.54, 1.807) is 11.3 Å². The van der Waals surface area contributed by atoms with Gasteiger partial charge in [0.2, 0.25) is 0 Å². The molecule has 0 aromatic carbocycles. The molecule has 0 bridgehead atoms. The summed E-state index contributed by atoms with van der Waals surface area (Å²) in [5, 5.41) is 8.48. The fourth-order valence-corrected chi connectivity index (χ4v) is 2.92. The first-order chi connectivity index (χ1) is 9.78. The van der Waals surface area contributed by atoms with Gasteiger partial charge < -0.3 is 5.32 Å². The molecule has 0 unspecified atom stereocenters. The van der Waals surface area contributed by atoms with Gasteiger partial charge in [0.15, 0.2) is 0 Å². The van der Waals surface area contributed by atoms with Crippen LogP contribution in [0.1, 0.15) is 10.4 Å². The lowest BCUT2D eigenvalue weighted by atomic mass is 10.3. The highest BCUT2D eigenvalue weighted by atomic mass is 79.9. The normalized spacial score (nSPS) is 11.7. The maximum Gasteiger partial charge on any atom is 0.408 e. The fourth-order valence-electron chi connectivity index (χ4n) is 1.63. The molecule has 2 aromatic heterocycles. The number of nitrogens with zero attached hydrogens (tertiary/aromatic N) is 2. The van der Waals surface area contributed by atoms with E-state index >= 15 is 0 Å². The Labute approximate surface area is 130 Å². The van der Waals surface area contributed by atoms with Crippen LogP contribution in [-0.2, 0) is 13.1 Å². The zero-order valence-electron chi connectivity index (χ0n) is 10.9. The van der Waals surface area contributed by atoms with E-state index in [1.165, 1.54) is 6.20 Å². The van der Waals surface area contributed by atoms with Gasteiger partial charge in [-0.1, -0.05) is 0 Å². The molecule has 114 valence electrons. The number of nitrogens with one attached hydrogen (secondary N) is 1. The van der Waals surface area contributed by atoms with Gasteiger partial charge in [0.1, 0.15) is 11.0 Å². The van der Waals surface area contributed by atoms with Crippen LogP contribution in [0.2, 0.25) is 0 Å². The third kappa shape index (κ3) is 4.07. The zero-order chi connectivity index (χ0) is 15.6. The minimum atomic E-state index is -4.49. The van der Waals surface area contributed by atoms with Gasteiger partial charge in [0, 0.05) is 11.4 Å². The Kier molecular flexibility index (Phi) is 4.72. The van der Waals surface area contributed by atoms with Gasteiger partial charge in [-0.15, -0.1) is 11.3 Å². The summed E-state index contributed by atoms with van der Waals surface area (Å²) in [5.74, 6) is 0. The van der Waals surface area contributed by atoms with Gasteiger partial charge in [-0.05, 0) is 39.9 Å². The van der Waals surface area contributed by atoms with Crippen LogP contribution in [0.15, 0.2) is 26.9 Å². The van der Waals surface area contributed by atoms with Crippen molar-refractivity contribution in [1.29, 1.82) is 0 Å². The first-order valence-corrected chi connectivity index (χ1v) is 7.54. The van der Waals surface area contributed by atoms with Crippen molar-refractivity contribution in [3.8, 4) is 0 Å². The van der Waals surface area contributed by atoms with Crippen molar-refractivity contribution >= 4 is 33.0 Å². The van der Waals surface area contributed by atoms with Crippen molar-refractivity contribution in [1.82, 2.24) is 9.78 Å². The van der Waals surface area contributed by atoms with Crippen LogP contribution in [0.5, 0.6) is 0 Å². The van der Waals surface area contributed by atoms with Crippen molar-refractivity contribution in [3.05, 3.63) is 42.9 Å². The van der Waals surface area contributed by atoms with E-state index in [4.69, 9.17) is 0 Å². The van der Waals surface area contributed by atoms with Crippen molar-refractivity contribution in [3.63, 3.8) is 0 Å². The van der Waals surface area contributed by atoms with Crippen LogP contribution >= 0.6 is 27.3 Å². The molecule has 0 aliphatic heterocycles. The predicted molar refractivity (Wildman–Crippen MR) is 78.6 cm³/mol. The van der Waals surface area contributed by atoms with Crippen molar-refractivity contribution in [2.75, 3.05) is 5.32 Å². The molecule has 0 atom stereocenters. The molecule has 0 saturated carbocycles. The highest BCUT2D eigenvalue weighted by Gasteiger charge is 2.29. The van der Waals surface area contributed by atoms with Crippen molar-refractivity contribution in [2.45, 2.75) is 26.2 Å². The number of thiophene rings is 1. The van der Waals surface area contributed by atoms with Gasteiger partial charge >= 0.3 is 6.18 Å². The molecule has 4 nitrogen and oxygen atoms in total. The Morgan fingerprint density at radius 3 is 2.76 bits per heavy atom. The summed E-state index contributed by atoms with van der Waals surface area (Å²) >= 11 is 4.58. The number of alkyl halides is 3. The molecule has 2 heterocycles. The molecule has 0 aliphatic carbocycles. The van der Waals surface area contributed by atoms with E-state index in [0.717, 1.165) is 10.4 Å². The monoisotopic (exact) mass is 381 g/mol. The fraction of sp³-hybridized carbons (Fsp3) is 0.333. The molecule has 21 heavy (non-hydrogen) atoms. The van der Waals surface area contributed by atoms with Crippen LogP contribution in [0, 0.1) is 6.92 Å². The molecule has 0 fully saturated rings. The third-order valence-electron chi connectivity index (χ3n) is 2.72. The van der Waals surface area contributed by atoms with Crippen LogP contribution in [0.3, 0.4) is 0 Å². The van der Waals surface area contributed by atoms with Gasteiger partial charge in [0.25, 0.3) is 5.56 Å². The van der Waals surface area contributed by atoms with E-state index in [-0.39, 0.29) is 4.47 Å². The van der Waals surface area contributed by atoms with Crippen molar-refractivity contribution < 1.29 is 13.2 Å². The molecule has 1 N–H and O–H groups in total. The quantitative estimate of drug-likeness (QED) is 0.880. The minimum Gasteiger partial charge on any atom is -0.378 e. The summed E-state index contributed by atoms with van der Waals surface area (Å²) in [6.07, 6.45) is -3.28. The molecule has 0 spiro atoms. The molecule has 0 radical (unpaired) electrons. The molecular formula is C12H11BrF3N3OS. The second-order valence-corrected chi connectivity index (χ2v) is 6.12. The molecule has 0 amide bonds. The number of hydrogen-bond acceptors (Lipinski definition) is 4. The maximum atomic E-state index is 12.3. The SMILES string of the molecule is Cc1ccsc1CNc1cnn(CC(F)(F)F)c(=O)c1Br. The second-order valence-electron chi connectivity index (χ2n) is 4.33. The Hall–Kier alpha value is -1.35. The number of aryl methyl sites for hydroxylation is 1. The first-order valence-electron chi connectivity index (χ1n) is 5.87. The van der Waals surface area contributed by atoms with Gasteiger partial charge in [-0.3, -0.25) is 4.79 Å². The Balaban J connectivity index is 2.17. The number of rotatable bonds is 4. The number of hydrogen-bond donors (Lipinski definition) is 1. The summed E-state index contributed by atoms with van der Waals surface area (Å²) in [6.45, 7) is 1.03. The predicted octanol–water partition coefficient (Wildman–Crippen LogP) is 3.55. The average molecular weight is 382 g/mol. The maximum absolute atomic E-state index is 12.3. The first kappa shape index (κ1) is 16.0. The van der Waals surface area contributed by atoms with E-state index in [9.17, 15) is 18.0 Å². The number of aromatic nitrogens is 2. The highest BCUT2D eigenvalue weighted by Crippen LogP contribution is 2.22. The highest BCUT2D eigenvalue weighted by molar-refractivity contribution is 9.10. The van der Waals surface area contributed by atoms with Gasteiger partial charge in [-0.2, -0.15) is 18.3 Å². The number of halogens is 4. The molecule has 0 aliphatic rings. The smallest absolute Gasteiger partial charge is 0.378 e. The van der Waals surface area contributed by atoms with Crippen LogP contribution < -0.4 is 10.9 Å². The lowest BCUT2D eigenvalue weighted by molar-refractivity contribution is -0.143. The largest absolute Gasteiger partial charge is 0.408 e. The van der Waals surface area contributed by atoms with Crippen LogP contribution in [-0.4, -0.2) is 16.0 Å². The lowest BCUT2D eigenvalue weighted by Crippen LogP contribution is -2.31. The summed E-state index contributed by atoms with van der Waals surface area (Å²) in [5.41, 5.74) is 0.661. The topological polar surface area (TPSA) is 46.9 Å². The minimum absolute atomic E-state index is 0.0379. The lowest BCUT2D eigenvalue weighted by Gasteiger charge is -2.11. The Bertz CT molecular complexity index is 696. The summed E-state index contributed by atoms with van der Waals surface area (Å²) < 4.78 is 37.3. The standard InChI is InChI=1S/C12H11BrF3N3OS/c1-7-2-3-21-9(7)5-17-8-4-18-19(6-12(14,15)16)11(20)10(8)13/h2-4,17H,5-6H2,1H3. The molecule has 2 rings (SSSR count). The van der Waals surface area contributed by atoms with Crippen molar-refractivity contribution in [2.24, 2.45) is 0 Å². The van der Waals surface area contributed by atoms with Crippen LogP contribution in [0.25, 0.3) is 0 Å². The molecule has 2 aromatic rings. The summed E-state index contributed by atoms with van der Waals surface area (Å²) in [7, 11) is 0. The van der Waals surface area contributed by atoms with E-state index in [2.05, 4.69) is 26.3 Å². The second kappa shape index (κ2) is 6.18. The van der Waals surface area contributed by atoms with E-state index < -0.39 is 18.3 Å². The van der Waals surface area contributed by atoms with Crippen LogP contribution in [0.4, 0.5) is 18.9 Å². The zero-order valence-corrected chi connectivity index (χ0v) is 13.3. The van der Waals surface area contributed by atoms with E-state index in [0.29, 0.717) is 16.9 Å². The molecule has 0 saturated heterocycles. The third-order valence-corrected chi connectivity index (χ3v) is 4.51. The summed E-state index contributed by atoms with van der Waals surface area (Å²) in [4.78, 5) is 12.9.